The molecular weight excluding hydrogens is 260 g/mol. The van der Waals surface area contributed by atoms with Crippen LogP contribution >= 0.6 is 0 Å². The molecule has 2 aliphatic rings. The zero-order valence-electron chi connectivity index (χ0n) is 11.6. The van der Waals surface area contributed by atoms with E-state index in [-0.39, 0.29) is 24.3 Å². The Balaban J connectivity index is 1.79. The lowest BCUT2D eigenvalue weighted by molar-refractivity contribution is -0.148. The Morgan fingerprint density at radius 1 is 1.05 bits per heavy atom. The molecule has 20 heavy (non-hydrogen) atoms. The van der Waals surface area contributed by atoms with Gasteiger partial charge in [-0.15, -0.1) is 0 Å². The minimum atomic E-state index is -0.963. The molecule has 0 aromatic carbocycles. The largest absolute Gasteiger partial charge is 0.480 e. The van der Waals surface area contributed by atoms with E-state index in [1.807, 2.05) is 0 Å². The molecule has 2 rings (SSSR count). The highest BCUT2D eigenvalue weighted by Gasteiger charge is 2.34. The number of nitrogens with one attached hydrogen (secondary N) is 1. The summed E-state index contributed by atoms with van der Waals surface area (Å²) in [6, 6.07) is -0.728. The number of amides is 2. The molecule has 0 radical (unpaired) electrons. The summed E-state index contributed by atoms with van der Waals surface area (Å²) < 4.78 is 0. The fourth-order valence-corrected chi connectivity index (χ4v) is 3.10. The van der Waals surface area contributed by atoms with Crippen LogP contribution in [0.1, 0.15) is 44.9 Å². The SMILES string of the molecule is O=C(NCC(=O)N1CCCC1C(=O)O)C1CCCCC1. The lowest BCUT2D eigenvalue weighted by Gasteiger charge is -2.23. The van der Waals surface area contributed by atoms with Gasteiger partial charge in [-0.3, -0.25) is 9.59 Å². The fraction of sp³-hybridized carbons (Fsp3) is 0.786. The highest BCUT2D eigenvalue weighted by molar-refractivity contribution is 5.88. The first-order valence-electron chi connectivity index (χ1n) is 7.39. The maximum atomic E-state index is 12.0. The van der Waals surface area contributed by atoms with Crippen molar-refractivity contribution in [2.24, 2.45) is 5.92 Å². The predicted octanol–water partition coefficient (Wildman–Crippen LogP) is 0.758. The quantitative estimate of drug-likeness (QED) is 0.797. The molecule has 2 fully saturated rings. The zero-order valence-corrected chi connectivity index (χ0v) is 11.6. The molecule has 1 aliphatic carbocycles. The molecule has 1 atom stereocenters. The molecule has 2 amide bonds. The molecule has 6 heteroatoms. The van der Waals surface area contributed by atoms with Crippen LogP contribution in [-0.2, 0) is 14.4 Å². The smallest absolute Gasteiger partial charge is 0.326 e. The molecule has 0 spiro atoms. The van der Waals surface area contributed by atoms with Crippen LogP contribution in [0.3, 0.4) is 0 Å². The van der Waals surface area contributed by atoms with Gasteiger partial charge in [0.2, 0.25) is 11.8 Å². The fourth-order valence-electron chi connectivity index (χ4n) is 3.10. The molecule has 1 unspecified atom stereocenters. The van der Waals surface area contributed by atoms with Crippen molar-refractivity contribution in [1.82, 2.24) is 10.2 Å². The number of rotatable bonds is 4. The molecule has 0 aromatic heterocycles. The molecule has 0 bridgehead atoms. The Morgan fingerprint density at radius 2 is 1.75 bits per heavy atom. The summed E-state index contributed by atoms with van der Waals surface area (Å²) in [6.45, 7) is 0.383. The summed E-state index contributed by atoms with van der Waals surface area (Å²) in [7, 11) is 0. The number of carboxylic acids is 1. The third kappa shape index (κ3) is 3.49. The second kappa shape index (κ2) is 6.72. The summed E-state index contributed by atoms with van der Waals surface area (Å²) in [5, 5.41) is 11.7. The van der Waals surface area contributed by atoms with Gasteiger partial charge in [0.05, 0.1) is 6.54 Å². The molecule has 6 nitrogen and oxygen atoms in total. The maximum Gasteiger partial charge on any atom is 0.326 e. The lowest BCUT2D eigenvalue weighted by Crippen LogP contribution is -2.46. The van der Waals surface area contributed by atoms with Crippen LogP contribution in [0.2, 0.25) is 0 Å². The molecule has 1 saturated heterocycles. The average Bonchev–Trinajstić information content (AvgIpc) is 2.95. The van der Waals surface area contributed by atoms with Crippen molar-refractivity contribution in [2.45, 2.75) is 51.0 Å². The number of carbonyl (C=O) groups excluding carboxylic acids is 2. The predicted molar refractivity (Wildman–Crippen MR) is 72.0 cm³/mol. The van der Waals surface area contributed by atoms with E-state index in [4.69, 9.17) is 5.11 Å². The van der Waals surface area contributed by atoms with E-state index in [0.29, 0.717) is 19.4 Å². The Morgan fingerprint density at radius 3 is 2.40 bits per heavy atom. The highest BCUT2D eigenvalue weighted by Crippen LogP contribution is 2.23. The number of likely N-dealkylation sites (tertiary alicyclic amines) is 1. The summed E-state index contributed by atoms with van der Waals surface area (Å²) in [6.07, 6.45) is 6.30. The van der Waals surface area contributed by atoms with E-state index in [2.05, 4.69) is 5.32 Å². The molecule has 1 heterocycles. The van der Waals surface area contributed by atoms with E-state index >= 15 is 0 Å². The first-order valence-corrected chi connectivity index (χ1v) is 7.39. The Kier molecular flexibility index (Phi) is 4.98. The van der Waals surface area contributed by atoms with E-state index < -0.39 is 12.0 Å². The Labute approximate surface area is 118 Å². The number of hydrogen-bond acceptors (Lipinski definition) is 3. The monoisotopic (exact) mass is 282 g/mol. The van der Waals surface area contributed by atoms with Crippen LogP contribution in [0.15, 0.2) is 0 Å². The standard InChI is InChI=1S/C14H22N2O4/c17-12(16-8-4-7-11(16)14(19)20)9-15-13(18)10-5-2-1-3-6-10/h10-11H,1-9H2,(H,15,18)(H,19,20). The van der Waals surface area contributed by atoms with Gasteiger partial charge in [0.1, 0.15) is 6.04 Å². The van der Waals surface area contributed by atoms with Crippen molar-refractivity contribution in [2.75, 3.05) is 13.1 Å². The van der Waals surface area contributed by atoms with Gasteiger partial charge in [0.15, 0.2) is 0 Å². The number of nitrogens with zero attached hydrogens (tertiary/aromatic N) is 1. The Hall–Kier alpha value is -1.59. The van der Waals surface area contributed by atoms with Crippen LogP contribution < -0.4 is 5.32 Å². The van der Waals surface area contributed by atoms with Crippen molar-refractivity contribution >= 4 is 17.8 Å². The molecular formula is C14H22N2O4. The number of carbonyl (C=O) groups is 3. The van der Waals surface area contributed by atoms with Crippen LogP contribution in [0.5, 0.6) is 0 Å². The second-order valence-corrected chi connectivity index (χ2v) is 5.64. The van der Waals surface area contributed by atoms with Crippen molar-refractivity contribution in [3.63, 3.8) is 0 Å². The molecule has 1 aliphatic heterocycles. The molecule has 1 saturated carbocycles. The number of hydrogen-bond donors (Lipinski definition) is 2. The summed E-state index contributed by atoms with van der Waals surface area (Å²) >= 11 is 0. The van der Waals surface area contributed by atoms with Gasteiger partial charge in [0, 0.05) is 12.5 Å². The van der Waals surface area contributed by atoms with Crippen molar-refractivity contribution in [1.29, 1.82) is 0 Å². The maximum absolute atomic E-state index is 12.0. The van der Waals surface area contributed by atoms with Crippen molar-refractivity contribution in [3.05, 3.63) is 0 Å². The first-order chi connectivity index (χ1) is 9.59. The molecule has 112 valence electrons. The first kappa shape index (κ1) is 14.8. The summed E-state index contributed by atoms with van der Waals surface area (Å²) in [5.74, 6) is -1.30. The van der Waals surface area contributed by atoms with Gasteiger partial charge in [-0.25, -0.2) is 4.79 Å². The minimum absolute atomic E-state index is 0.0189. The zero-order chi connectivity index (χ0) is 14.5. The number of aliphatic carboxylic acids is 1. The van der Waals surface area contributed by atoms with Crippen LogP contribution in [0.4, 0.5) is 0 Å². The van der Waals surface area contributed by atoms with Gasteiger partial charge in [-0.1, -0.05) is 19.3 Å². The van der Waals surface area contributed by atoms with Crippen LogP contribution in [0, 0.1) is 5.92 Å². The second-order valence-electron chi connectivity index (χ2n) is 5.64. The highest BCUT2D eigenvalue weighted by atomic mass is 16.4. The van der Waals surface area contributed by atoms with Crippen LogP contribution in [-0.4, -0.2) is 46.9 Å². The topological polar surface area (TPSA) is 86.7 Å². The summed E-state index contributed by atoms with van der Waals surface area (Å²) in [4.78, 5) is 36.3. The van der Waals surface area contributed by atoms with Gasteiger partial charge in [0.25, 0.3) is 0 Å². The van der Waals surface area contributed by atoms with E-state index in [9.17, 15) is 14.4 Å². The van der Waals surface area contributed by atoms with E-state index in [0.717, 1.165) is 25.7 Å². The molecule has 0 aromatic rings. The van der Waals surface area contributed by atoms with Crippen molar-refractivity contribution < 1.29 is 19.5 Å². The van der Waals surface area contributed by atoms with Crippen LogP contribution in [0.25, 0.3) is 0 Å². The molecule has 2 N–H and O–H groups in total. The van der Waals surface area contributed by atoms with Gasteiger partial charge in [-0.05, 0) is 25.7 Å². The minimum Gasteiger partial charge on any atom is -0.480 e. The number of carboxylic acid groups (broad SMARTS) is 1. The third-order valence-electron chi connectivity index (χ3n) is 4.25. The normalized spacial score (nSPS) is 23.6. The Bertz CT molecular complexity index is 391. The van der Waals surface area contributed by atoms with Crippen molar-refractivity contribution in [3.8, 4) is 0 Å². The van der Waals surface area contributed by atoms with Gasteiger partial charge >= 0.3 is 5.97 Å². The van der Waals surface area contributed by atoms with Gasteiger partial charge in [-0.2, -0.15) is 0 Å². The van der Waals surface area contributed by atoms with E-state index in [1.54, 1.807) is 0 Å². The third-order valence-corrected chi connectivity index (χ3v) is 4.25. The van der Waals surface area contributed by atoms with Gasteiger partial charge < -0.3 is 15.3 Å². The average molecular weight is 282 g/mol. The lowest BCUT2D eigenvalue weighted by atomic mass is 9.89. The summed E-state index contributed by atoms with van der Waals surface area (Å²) in [5.41, 5.74) is 0. The van der Waals surface area contributed by atoms with E-state index in [1.165, 1.54) is 11.3 Å².